The number of nitrogens with two attached hydrogens (primary N) is 1. The quantitative estimate of drug-likeness (QED) is 0.593. The van der Waals surface area contributed by atoms with E-state index in [1.54, 1.807) is 0 Å². The van der Waals surface area contributed by atoms with Gasteiger partial charge in [0.15, 0.2) is 0 Å². The lowest BCUT2D eigenvalue weighted by atomic mass is 10.1. The van der Waals surface area contributed by atoms with Gasteiger partial charge >= 0.3 is 0 Å². The average Bonchev–Trinajstić information content (AvgIpc) is 1.83. The van der Waals surface area contributed by atoms with E-state index < -0.39 is 0 Å². The molecule has 0 aromatic heterocycles. The second-order valence-electron chi connectivity index (χ2n) is 2.53. The molecular formula is C7H16IN. The van der Waals surface area contributed by atoms with Gasteiger partial charge in [0.1, 0.15) is 0 Å². The summed E-state index contributed by atoms with van der Waals surface area (Å²) < 4.78 is 0.778. The molecule has 0 saturated heterocycles. The molecule has 1 nitrogen and oxygen atoms in total. The number of alkyl halides is 1. The van der Waals surface area contributed by atoms with Crippen molar-refractivity contribution in [2.24, 2.45) is 5.73 Å². The fraction of sp³-hybridized carbons (Fsp3) is 1.00. The number of halogens is 1. The molecule has 0 aliphatic rings. The molecule has 56 valence electrons. The molecule has 0 spiro atoms. The van der Waals surface area contributed by atoms with Crippen molar-refractivity contribution in [3.05, 3.63) is 0 Å². The van der Waals surface area contributed by atoms with E-state index in [2.05, 4.69) is 36.4 Å². The van der Waals surface area contributed by atoms with Crippen LogP contribution in [-0.2, 0) is 0 Å². The monoisotopic (exact) mass is 241 g/mol. The van der Waals surface area contributed by atoms with E-state index in [0.717, 1.165) is 10.3 Å². The van der Waals surface area contributed by atoms with E-state index in [9.17, 15) is 0 Å². The van der Waals surface area contributed by atoms with Crippen LogP contribution < -0.4 is 5.73 Å². The van der Waals surface area contributed by atoms with Gasteiger partial charge in [-0.2, -0.15) is 0 Å². The van der Waals surface area contributed by atoms with Crippen LogP contribution in [0.5, 0.6) is 0 Å². The Bertz CT molecular complexity index is 63.9. The van der Waals surface area contributed by atoms with Crippen LogP contribution in [0.2, 0.25) is 0 Å². The van der Waals surface area contributed by atoms with Gasteiger partial charge < -0.3 is 5.73 Å². The molecule has 0 fully saturated rings. The van der Waals surface area contributed by atoms with Gasteiger partial charge in [-0.05, 0) is 19.3 Å². The Morgan fingerprint density at radius 2 is 2.00 bits per heavy atom. The first kappa shape index (κ1) is 9.69. The van der Waals surface area contributed by atoms with Crippen molar-refractivity contribution in [3.63, 3.8) is 0 Å². The van der Waals surface area contributed by atoms with Crippen LogP contribution >= 0.6 is 22.6 Å². The second kappa shape index (κ2) is 5.47. The van der Waals surface area contributed by atoms with E-state index in [-0.39, 0.29) is 0 Å². The maximum atomic E-state index is 5.72. The van der Waals surface area contributed by atoms with Crippen LogP contribution in [0.15, 0.2) is 0 Å². The summed E-state index contributed by atoms with van der Waals surface area (Å²) in [5.74, 6) is 0. The molecule has 2 heteroatoms. The van der Waals surface area contributed by atoms with Crippen LogP contribution in [-0.4, -0.2) is 9.97 Å². The summed E-state index contributed by atoms with van der Waals surface area (Å²) in [6.07, 6.45) is 3.56. The van der Waals surface area contributed by atoms with Crippen molar-refractivity contribution in [1.29, 1.82) is 0 Å². The van der Waals surface area contributed by atoms with Gasteiger partial charge in [0, 0.05) is 9.97 Å². The van der Waals surface area contributed by atoms with Crippen molar-refractivity contribution < 1.29 is 0 Å². The molecule has 0 aliphatic heterocycles. The molecule has 0 bridgehead atoms. The Balaban J connectivity index is 3.06. The predicted octanol–water partition coefficient (Wildman–Crippen LogP) is 2.33. The highest BCUT2D eigenvalue weighted by Gasteiger charge is 2.00. The van der Waals surface area contributed by atoms with Crippen LogP contribution in [0.25, 0.3) is 0 Å². The van der Waals surface area contributed by atoms with Crippen molar-refractivity contribution in [2.45, 2.75) is 43.1 Å². The number of rotatable bonds is 4. The van der Waals surface area contributed by atoms with E-state index in [1.807, 2.05) is 0 Å². The number of hydrogen-bond acceptors (Lipinski definition) is 1. The Labute approximate surface area is 71.5 Å². The highest BCUT2D eigenvalue weighted by molar-refractivity contribution is 14.1. The van der Waals surface area contributed by atoms with Crippen molar-refractivity contribution in [2.75, 3.05) is 0 Å². The first-order valence-electron chi connectivity index (χ1n) is 3.56. The Morgan fingerprint density at radius 3 is 2.33 bits per heavy atom. The molecule has 9 heavy (non-hydrogen) atoms. The average molecular weight is 241 g/mol. The Hall–Kier alpha value is 0.690. The molecule has 0 aromatic carbocycles. The van der Waals surface area contributed by atoms with Crippen molar-refractivity contribution >= 4 is 22.6 Å². The second-order valence-corrected chi connectivity index (χ2v) is 4.65. The molecule has 2 atom stereocenters. The Morgan fingerprint density at radius 1 is 1.44 bits per heavy atom. The fourth-order valence-corrected chi connectivity index (χ4v) is 1.01. The summed E-state index contributed by atoms with van der Waals surface area (Å²) in [6.45, 7) is 4.37. The molecule has 0 amide bonds. The highest BCUT2D eigenvalue weighted by atomic mass is 127. The lowest BCUT2D eigenvalue weighted by molar-refractivity contribution is 0.572. The molecule has 0 heterocycles. The van der Waals surface area contributed by atoms with E-state index >= 15 is 0 Å². The zero-order valence-corrected chi connectivity index (χ0v) is 8.39. The minimum Gasteiger partial charge on any atom is -0.328 e. The molecular weight excluding hydrogens is 225 g/mol. The summed E-state index contributed by atoms with van der Waals surface area (Å²) >= 11 is 2.44. The zero-order chi connectivity index (χ0) is 7.28. The first-order valence-corrected chi connectivity index (χ1v) is 4.81. The normalized spacial score (nSPS) is 17.3. The minimum absolute atomic E-state index is 0.433. The summed E-state index contributed by atoms with van der Waals surface area (Å²) in [7, 11) is 0. The maximum absolute atomic E-state index is 5.72. The first-order chi connectivity index (χ1) is 4.16. The topological polar surface area (TPSA) is 26.0 Å². The Kier molecular flexibility index (Phi) is 5.89. The molecule has 0 saturated carbocycles. The standard InChI is InChI=1S/C7H16IN/c1-3-7(9)5-4-6(2)8/h6-7H,3-5,9H2,1-2H3/t6-,7?/m0/s1. The van der Waals surface area contributed by atoms with Crippen LogP contribution in [0.4, 0.5) is 0 Å². The number of hydrogen-bond donors (Lipinski definition) is 1. The van der Waals surface area contributed by atoms with Gasteiger partial charge in [-0.1, -0.05) is 36.4 Å². The van der Waals surface area contributed by atoms with Crippen molar-refractivity contribution in [1.82, 2.24) is 0 Å². The van der Waals surface area contributed by atoms with Crippen LogP contribution in [0, 0.1) is 0 Å². The molecule has 2 N–H and O–H groups in total. The van der Waals surface area contributed by atoms with Crippen LogP contribution in [0.3, 0.4) is 0 Å². The lowest BCUT2D eigenvalue weighted by Gasteiger charge is -2.08. The van der Waals surface area contributed by atoms with Gasteiger partial charge in [-0.15, -0.1) is 0 Å². The van der Waals surface area contributed by atoms with Gasteiger partial charge in [0.2, 0.25) is 0 Å². The third kappa shape index (κ3) is 6.58. The summed E-state index contributed by atoms with van der Waals surface area (Å²) in [4.78, 5) is 0. The summed E-state index contributed by atoms with van der Waals surface area (Å²) in [5, 5.41) is 0. The molecule has 0 aliphatic carbocycles. The van der Waals surface area contributed by atoms with Gasteiger partial charge in [0.25, 0.3) is 0 Å². The van der Waals surface area contributed by atoms with Gasteiger partial charge in [-0.25, -0.2) is 0 Å². The molecule has 0 aromatic rings. The molecule has 0 radical (unpaired) electrons. The van der Waals surface area contributed by atoms with Gasteiger partial charge in [0.05, 0.1) is 0 Å². The minimum atomic E-state index is 0.433. The van der Waals surface area contributed by atoms with E-state index in [4.69, 9.17) is 5.73 Å². The van der Waals surface area contributed by atoms with E-state index in [1.165, 1.54) is 12.8 Å². The summed E-state index contributed by atoms with van der Waals surface area (Å²) in [5.41, 5.74) is 5.72. The third-order valence-electron chi connectivity index (χ3n) is 1.46. The maximum Gasteiger partial charge on any atom is 0.00819 e. The summed E-state index contributed by atoms with van der Waals surface area (Å²) in [6, 6.07) is 0.433. The van der Waals surface area contributed by atoms with E-state index in [0.29, 0.717) is 6.04 Å². The fourth-order valence-electron chi connectivity index (χ4n) is 0.648. The lowest BCUT2D eigenvalue weighted by Crippen LogP contribution is -2.19. The predicted molar refractivity (Wildman–Crippen MR) is 51.0 cm³/mol. The van der Waals surface area contributed by atoms with Crippen molar-refractivity contribution in [3.8, 4) is 0 Å². The van der Waals surface area contributed by atoms with Gasteiger partial charge in [-0.3, -0.25) is 0 Å². The molecule has 0 rings (SSSR count). The highest BCUT2D eigenvalue weighted by Crippen LogP contribution is 2.09. The SMILES string of the molecule is CCC(N)CC[C@H](C)I. The smallest absolute Gasteiger partial charge is 0.00819 e. The third-order valence-corrected chi connectivity index (χ3v) is 2.08. The largest absolute Gasteiger partial charge is 0.328 e. The molecule has 1 unspecified atom stereocenters. The van der Waals surface area contributed by atoms with Crippen LogP contribution in [0.1, 0.15) is 33.1 Å². The zero-order valence-electron chi connectivity index (χ0n) is 6.23.